The number of carbonyl (C=O) groups excluding carboxylic acids is 2. The summed E-state index contributed by atoms with van der Waals surface area (Å²) < 4.78 is 4.98. The van der Waals surface area contributed by atoms with Crippen LogP contribution in [0.4, 0.5) is 0 Å². The van der Waals surface area contributed by atoms with E-state index < -0.39 is 0 Å². The van der Waals surface area contributed by atoms with Gasteiger partial charge in [-0.2, -0.15) is 0 Å². The summed E-state index contributed by atoms with van der Waals surface area (Å²) in [5, 5.41) is 13.9. The topological polar surface area (TPSA) is 87.7 Å². The summed E-state index contributed by atoms with van der Waals surface area (Å²) in [6.07, 6.45) is 2.27. The van der Waals surface area contributed by atoms with Gasteiger partial charge in [0.15, 0.2) is 0 Å². The van der Waals surface area contributed by atoms with Crippen LogP contribution in [0.3, 0.4) is 0 Å². The van der Waals surface area contributed by atoms with Crippen LogP contribution in [0.5, 0.6) is 0 Å². The van der Waals surface area contributed by atoms with Crippen molar-refractivity contribution in [2.24, 2.45) is 5.41 Å². The number of rotatable bonds is 7. The molecule has 3 N–H and O–H groups in total. The Bertz CT molecular complexity index is 644. The molecular weight excluding hydrogens is 445 g/mol. The SMILES string of the molecule is CC(C)(C)C(=O)NCCOCCO.[CH2-]C(=O)NCC1CCc2cc(C)ccc21.[Y]. The summed E-state index contributed by atoms with van der Waals surface area (Å²) in [7, 11) is 0. The first-order valence-corrected chi connectivity index (χ1v) is 9.81. The molecule has 161 valence electrons. The molecule has 0 aromatic heterocycles. The van der Waals surface area contributed by atoms with E-state index in [1.54, 1.807) is 0 Å². The number of hydrogen-bond acceptors (Lipinski definition) is 4. The van der Waals surface area contributed by atoms with Gasteiger partial charge in [-0.05, 0) is 30.9 Å². The van der Waals surface area contributed by atoms with Crippen molar-refractivity contribution in [3.63, 3.8) is 0 Å². The zero-order chi connectivity index (χ0) is 21.2. The molecule has 1 radical (unpaired) electrons. The number of fused-ring (bicyclic) bond motifs is 1. The van der Waals surface area contributed by atoms with Crippen molar-refractivity contribution >= 4 is 11.8 Å². The molecule has 7 heteroatoms. The Morgan fingerprint density at radius 3 is 2.52 bits per heavy atom. The monoisotopic (exact) mass is 480 g/mol. The fourth-order valence-corrected chi connectivity index (χ4v) is 2.95. The van der Waals surface area contributed by atoms with Crippen molar-refractivity contribution in [2.45, 2.75) is 46.5 Å². The molecule has 1 aliphatic rings. The Labute approximate surface area is 200 Å². The van der Waals surface area contributed by atoms with Crippen LogP contribution >= 0.6 is 0 Å². The second-order valence-electron chi connectivity index (χ2n) is 8.08. The molecule has 1 aromatic carbocycles. The number of amides is 2. The van der Waals surface area contributed by atoms with Crippen molar-refractivity contribution in [2.75, 3.05) is 32.9 Å². The van der Waals surface area contributed by atoms with Crippen LogP contribution in [0.25, 0.3) is 0 Å². The predicted molar refractivity (Wildman–Crippen MR) is 111 cm³/mol. The van der Waals surface area contributed by atoms with Crippen molar-refractivity contribution < 1.29 is 52.1 Å². The predicted octanol–water partition coefficient (Wildman–Crippen LogP) is 2.13. The number of benzene rings is 1. The molecule has 1 aromatic rings. The molecule has 0 heterocycles. The summed E-state index contributed by atoms with van der Waals surface area (Å²) in [5.41, 5.74) is 3.81. The summed E-state index contributed by atoms with van der Waals surface area (Å²) >= 11 is 0. The maximum atomic E-state index is 11.3. The molecule has 2 amide bonds. The van der Waals surface area contributed by atoms with E-state index in [-0.39, 0.29) is 56.5 Å². The minimum Gasteiger partial charge on any atom is -0.394 e. The molecule has 29 heavy (non-hydrogen) atoms. The van der Waals surface area contributed by atoms with Gasteiger partial charge in [-0.3, -0.25) is 4.79 Å². The van der Waals surface area contributed by atoms with Crippen LogP contribution in [0, 0.1) is 19.3 Å². The second kappa shape index (κ2) is 14.1. The quantitative estimate of drug-likeness (QED) is 0.412. The number of aliphatic hydroxyl groups is 1. The molecule has 2 rings (SSSR count). The van der Waals surface area contributed by atoms with E-state index in [0.717, 1.165) is 19.4 Å². The Balaban J connectivity index is 0.000000530. The van der Waals surface area contributed by atoms with E-state index in [4.69, 9.17) is 9.84 Å². The fraction of sp³-hybridized carbons (Fsp3) is 0.591. The van der Waals surface area contributed by atoms with Gasteiger partial charge in [-0.1, -0.05) is 44.5 Å². The van der Waals surface area contributed by atoms with E-state index in [0.29, 0.717) is 25.7 Å². The van der Waals surface area contributed by atoms with Gasteiger partial charge in [-0.15, -0.1) is 0 Å². The molecule has 1 unspecified atom stereocenters. The minimum absolute atomic E-state index is 0. The van der Waals surface area contributed by atoms with Crippen LogP contribution < -0.4 is 10.6 Å². The maximum Gasteiger partial charge on any atom is 0.225 e. The first kappa shape index (κ1) is 28.1. The molecular formula is C22H35N2O4Y-. The van der Waals surface area contributed by atoms with Crippen LogP contribution in [-0.2, 0) is 53.5 Å². The van der Waals surface area contributed by atoms with E-state index in [9.17, 15) is 9.59 Å². The zero-order valence-corrected chi connectivity index (χ0v) is 21.1. The Kier molecular flexibility index (Phi) is 13.7. The fourth-order valence-electron chi connectivity index (χ4n) is 2.95. The number of ether oxygens (including phenoxy) is 1. The average Bonchev–Trinajstić information content (AvgIpc) is 3.01. The summed E-state index contributed by atoms with van der Waals surface area (Å²) in [6, 6.07) is 6.59. The Morgan fingerprint density at radius 1 is 1.24 bits per heavy atom. The second-order valence-corrected chi connectivity index (χ2v) is 8.08. The van der Waals surface area contributed by atoms with E-state index in [2.05, 4.69) is 42.7 Å². The largest absolute Gasteiger partial charge is 0.394 e. The average molecular weight is 480 g/mol. The molecule has 6 nitrogen and oxygen atoms in total. The number of aliphatic hydroxyl groups excluding tert-OH is 1. The van der Waals surface area contributed by atoms with Gasteiger partial charge in [0.1, 0.15) is 0 Å². The molecule has 1 aliphatic carbocycles. The van der Waals surface area contributed by atoms with Crippen LogP contribution in [-0.4, -0.2) is 49.8 Å². The van der Waals surface area contributed by atoms with Gasteiger partial charge < -0.3 is 32.2 Å². The smallest absolute Gasteiger partial charge is 0.225 e. The Morgan fingerprint density at radius 2 is 1.93 bits per heavy atom. The third-order valence-electron chi connectivity index (χ3n) is 4.49. The van der Waals surface area contributed by atoms with E-state index >= 15 is 0 Å². The van der Waals surface area contributed by atoms with Crippen LogP contribution in [0.2, 0.25) is 0 Å². The molecule has 1 atom stereocenters. The van der Waals surface area contributed by atoms with Crippen LogP contribution in [0.15, 0.2) is 18.2 Å². The molecule has 0 aliphatic heterocycles. The van der Waals surface area contributed by atoms with Gasteiger partial charge in [0.25, 0.3) is 0 Å². The summed E-state index contributed by atoms with van der Waals surface area (Å²) in [5.74, 6) is 0.307. The molecule has 0 saturated heterocycles. The van der Waals surface area contributed by atoms with Gasteiger partial charge in [0.2, 0.25) is 5.91 Å². The van der Waals surface area contributed by atoms with Gasteiger partial charge in [0.05, 0.1) is 25.7 Å². The van der Waals surface area contributed by atoms with Crippen LogP contribution in [0.1, 0.15) is 49.8 Å². The molecule has 0 spiro atoms. The third kappa shape index (κ3) is 11.1. The van der Waals surface area contributed by atoms with Crippen molar-refractivity contribution in [3.05, 3.63) is 41.8 Å². The first-order chi connectivity index (χ1) is 13.1. The maximum absolute atomic E-state index is 11.3. The van der Waals surface area contributed by atoms with Gasteiger partial charge in [-0.25, -0.2) is 0 Å². The minimum atomic E-state index is -0.350. The standard InChI is InChI=1S/C13H16NO.C9H19NO3.Y/c1-9-3-6-13-11(7-9)4-5-12(13)8-14-10(2)15;1-9(2,3)8(12)10-4-6-13-7-5-11;/h3,6-7,12H,2,4-5,8H2,1H3,(H,14,15);11H,4-7H2,1-3H3,(H,10,12);/q-1;;. The van der Waals surface area contributed by atoms with E-state index in [1.165, 1.54) is 16.7 Å². The number of nitrogens with one attached hydrogen (secondary N) is 2. The van der Waals surface area contributed by atoms with Crippen molar-refractivity contribution in [1.82, 2.24) is 10.6 Å². The number of aryl methyl sites for hydroxylation is 2. The molecule has 0 bridgehead atoms. The first-order valence-electron chi connectivity index (χ1n) is 9.81. The third-order valence-corrected chi connectivity index (χ3v) is 4.49. The van der Waals surface area contributed by atoms with E-state index in [1.807, 2.05) is 20.8 Å². The Hall–Kier alpha value is -0.946. The normalized spacial score (nSPS) is 14.7. The van der Waals surface area contributed by atoms with Gasteiger partial charge >= 0.3 is 0 Å². The molecule has 0 fully saturated rings. The van der Waals surface area contributed by atoms with Crippen molar-refractivity contribution in [3.8, 4) is 0 Å². The number of carbonyl (C=O) groups is 2. The van der Waals surface area contributed by atoms with Crippen molar-refractivity contribution in [1.29, 1.82) is 0 Å². The molecule has 0 saturated carbocycles. The summed E-state index contributed by atoms with van der Waals surface area (Å²) in [4.78, 5) is 22.0. The number of hydrogen-bond donors (Lipinski definition) is 3. The van der Waals surface area contributed by atoms with Gasteiger partial charge in [0, 0.05) is 57.1 Å². The summed E-state index contributed by atoms with van der Waals surface area (Å²) in [6.45, 7) is 13.0. The zero-order valence-electron chi connectivity index (χ0n) is 18.2.